The highest BCUT2D eigenvalue weighted by molar-refractivity contribution is 5.19. The molecule has 0 N–H and O–H groups in total. The number of hydrogen-bond acceptors (Lipinski definition) is 3. The number of oxazole rings is 1. The first-order chi connectivity index (χ1) is 5.15. The van der Waals surface area contributed by atoms with Crippen LogP contribution in [0.25, 0.3) is 0 Å². The molecular formula is C8H13NO2. The van der Waals surface area contributed by atoms with Gasteiger partial charge in [-0.05, 0) is 0 Å². The smallest absolute Gasteiger partial charge is 0.308 e. The zero-order chi connectivity index (χ0) is 8.43. The van der Waals surface area contributed by atoms with Crippen molar-refractivity contribution in [3.63, 3.8) is 0 Å². The molecular weight excluding hydrogens is 142 g/mol. The molecule has 0 aliphatic rings. The van der Waals surface area contributed by atoms with Gasteiger partial charge in [-0.15, -0.1) is 0 Å². The maximum atomic E-state index is 5.19. The van der Waals surface area contributed by atoms with Crippen molar-refractivity contribution < 1.29 is 9.15 Å². The van der Waals surface area contributed by atoms with Crippen molar-refractivity contribution in [2.45, 2.75) is 26.7 Å². The molecule has 62 valence electrons. The highest BCUT2D eigenvalue weighted by Gasteiger charge is 2.13. The fraction of sp³-hybridized carbons (Fsp3) is 0.625. The normalized spacial score (nSPS) is 10.6. The number of nitrogens with zero attached hydrogens (tertiary/aromatic N) is 1. The lowest BCUT2D eigenvalue weighted by molar-refractivity contribution is 0.293. The second-order valence-electron chi connectivity index (χ2n) is 2.76. The minimum Gasteiger partial charge on any atom is -0.467 e. The molecule has 1 aromatic rings. The first kappa shape index (κ1) is 8.11. The maximum absolute atomic E-state index is 5.19. The zero-order valence-electron chi connectivity index (χ0n) is 7.34. The Morgan fingerprint density at radius 1 is 1.45 bits per heavy atom. The fourth-order valence-corrected chi connectivity index (χ4v) is 0.936. The Balaban J connectivity index is 3.02. The lowest BCUT2D eigenvalue weighted by atomic mass is 10.1. The largest absolute Gasteiger partial charge is 0.467 e. The Morgan fingerprint density at radius 3 is 2.45 bits per heavy atom. The molecule has 0 radical (unpaired) electrons. The summed E-state index contributed by atoms with van der Waals surface area (Å²) in [7, 11) is 1.59. The quantitative estimate of drug-likeness (QED) is 0.656. The summed E-state index contributed by atoms with van der Waals surface area (Å²) in [6.07, 6.45) is 0. The lowest BCUT2D eigenvalue weighted by Crippen LogP contribution is -1.91. The lowest BCUT2D eigenvalue weighted by Gasteiger charge is -2.00. The molecule has 0 saturated heterocycles. The van der Waals surface area contributed by atoms with Crippen LogP contribution < -0.4 is 4.74 Å². The van der Waals surface area contributed by atoms with Crippen LogP contribution in [-0.4, -0.2) is 12.1 Å². The molecule has 1 rings (SSSR count). The summed E-state index contributed by atoms with van der Waals surface area (Å²) in [4.78, 5) is 4.19. The SMILES string of the molecule is COc1oc(C)nc1C(C)C. The Bertz CT molecular complexity index is 240. The molecule has 0 aliphatic carbocycles. The minimum atomic E-state index is 0.349. The molecule has 3 nitrogen and oxygen atoms in total. The second-order valence-corrected chi connectivity index (χ2v) is 2.76. The molecule has 0 spiro atoms. The van der Waals surface area contributed by atoms with Gasteiger partial charge in [-0.2, -0.15) is 0 Å². The molecule has 0 atom stereocenters. The molecule has 1 heterocycles. The van der Waals surface area contributed by atoms with E-state index in [0.717, 1.165) is 5.69 Å². The van der Waals surface area contributed by atoms with E-state index in [9.17, 15) is 0 Å². The summed E-state index contributed by atoms with van der Waals surface area (Å²) in [5.74, 6) is 1.55. The second kappa shape index (κ2) is 2.95. The van der Waals surface area contributed by atoms with Crippen molar-refractivity contribution in [3.05, 3.63) is 11.6 Å². The van der Waals surface area contributed by atoms with E-state index in [-0.39, 0.29) is 0 Å². The predicted octanol–water partition coefficient (Wildman–Crippen LogP) is 2.12. The molecule has 0 saturated carbocycles. The first-order valence-electron chi connectivity index (χ1n) is 3.66. The summed E-state index contributed by atoms with van der Waals surface area (Å²) >= 11 is 0. The molecule has 0 aliphatic heterocycles. The Morgan fingerprint density at radius 2 is 2.09 bits per heavy atom. The summed E-state index contributed by atoms with van der Waals surface area (Å²) in [5.41, 5.74) is 0.894. The van der Waals surface area contributed by atoms with Crippen LogP contribution in [0.3, 0.4) is 0 Å². The highest BCUT2D eigenvalue weighted by atomic mass is 16.6. The number of aryl methyl sites for hydroxylation is 1. The molecule has 0 fully saturated rings. The Labute approximate surface area is 66.4 Å². The number of ether oxygens (including phenoxy) is 1. The maximum Gasteiger partial charge on any atom is 0.308 e. The molecule has 11 heavy (non-hydrogen) atoms. The van der Waals surface area contributed by atoms with E-state index < -0.39 is 0 Å². The third kappa shape index (κ3) is 1.53. The zero-order valence-corrected chi connectivity index (χ0v) is 7.34. The van der Waals surface area contributed by atoms with Crippen molar-refractivity contribution in [2.24, 2.45) is 0 Å². The fourth-order valence-electron chi connectivity index (χ4n) is 0.936. The third-order valence-corrected chi connectivity index (χ3v) is 1.46. The topological polar surface area (TPSA) is 35.3 Å². The van der Waals surface area contributed by atoms with Crippen LogP contribution >= 0.6 is 0 Å². The molecule has 0 bridgehead atoms. The van der Waals surface area contributed by atoms with Gasteiger partial charge in [0, 0.05) is 12.8 Å². The van der Waals surface area contributed by atoms with Crippen LogP contribution in [0.15, 0.2) is 4.42 Å². The Kier molecular flexibility index (Phi) is 2.17. The van der Waals surface area contributed by atoms with Gasteiger partial charge in [0.25, 0.3) is 0 Å². The summed E-state index contributed by atoms with van der Waals surface area (Å²) in [5, 5.41) is 0. The minimum absolute atomic E-state index is 0.349. The van der Waals surface area contributed by atoms with Gasteiger partial charge >= 0.3 is 5.95 Å². The van der Waals surface area contributed by atoms with Crippen molar-refractivity contribution in [2.75, 3.05) is 7.11 Å². The van der Waals surface area contributed by atoms with Gasteiger partial charge in [0.05, 0.1) is 7.11 Å². The van der Waals surface area contributed by atoms with Crippen LogP contribution in [0, 0.1) is 6.92 Å². The summed E-state index contributed by atoms with van der Waals surface area (Å²) < 4.78 is 10.2. The molecule has 1 aromatic heterocycles. The van der Waals surface area contributed by atoms with E-state index >= 15 is 0 Å². The molecule has 0 aromatic carbocycles. The van der Waals surface area contributed by atoms with Crippen LogP contribution in [0.4, 0.5) is 0 Å². The van der Waals surface area contributed by atoms with Gasteiger partial charge in [0.15, 0.2) is 5.89 Å². The van der Waals surface area contributed by atoms with E-state index in [4.69, 9.17) is 9.15 Å². The number of rotatable bonds is 2. The standard InChI is InChI=1S/C8H13NO2/c1-5(2)7-8(10-4)11-6(3)9-7/h5H,1-4H3. The van der Waals surface area contributed by atoms with Gasteiger partial charge in [0.2, 0.25) is 0 Å². The van der Waals surface area contributed by atoms with Crippen LogP contribution in [0.5, 0.6) is 5.95 Å². The average molecular weight is 155 g/mol. The first-order valence-corrected chi connectivity index (χ1v) is 3.66. The molecule has 0 amide bonds. The van der Waals surface area contributed by atoms with E-state index in [1.807, 2.05) is 6.92 Å². The number of aromatic nitrogens is 1. The molecule has 0 unspecified atom stereocenters. The van der Waals surface area contributed by atoms with Crippen LogP contribution in [-0.2, 0) is 0 Å². The van der Waals surface area contributed by atoms with E-state index in [2.05, 4.69) is 18.8 Å². The number of hydrogen-bond donors (Lipinski definition) is 0. The van der Waals surface area contributed by atoms with Crippen LogP contribution in [0.1, 0.15) is 31.4 Å². The third-order valence-electron chi connectivity index (χ3n) is 1.46. The van der Waals surface area contributed by atoms with E-state index in [1.54, 1.807) is 7.11 Å². The number of methoxy groups -OCH3 is 1. The monoisotopic (exact) mass is 155 g/mol. The Hall–Kier alpha value is -0.990. The van der Waals surface area contributed by atoms with Crippen molar-refractivity contribution >= 4 is 0 Å². The van der Waals surface area contributed by atoms with Crippen molar-refractivity contribution in [1.82, 2.24) is 4.98 Å². The summed E-state index contributed by atoms with van der Waals surface area (Å²) in [6, 6.07) is 0. The van der Waals surface area contributed by atoms with Gasteiger partial charge in [-0.25, -0.2) is 4.98 Å². The van der Waals surface area contributed by atoms with Gasteiger partial charge in [-0.1, -0.05) is 13.8 Å². The van der Waals surface area contributed by atoms with Crippen LogP contribution in [0.2, 0.25) is 0 Å². The predicted molar refractivity (Wildman–Crippen MR) is 41.9 cm³/mol. The highest BCUT2D eigenvalue weighted by Crippen LogP contribution is 2.25. The van der Waals surface area contributed by atoms with Gasteiger partial charge in [-0.3, -0.25) is 0 Å². The van der Waals surface area contributed by atoms with E-state index in [1.165, 1.54) is 0 Å². The average Bonchev–Trinajstić information content (AvgIpc) is 2.30. The van der Waals surface area contributed by atoms with Gasteiger partial charge < -0.3 is 9.15 Å². The summed E-state index contributed by atoms with van der Waals surface area (Å²) in [6.45, 7) is 5.92. The van der Waals surface area contributed by atoms with Crippen molar-refractivity contribution in [1.29, 1.82) is 0 Å². The van der Waals surface area contributed by atoms with E-state index in [0.29, 0.717) is 17.8 Å². The van der Waals surface area contributed by atoms with Gasteiger partial charge in [0.1, 0.15) is 5.69 Å². The molecule has 3 heteroatoms. The van der Waals surface area contributed by atoms with Crippen molar-refractivity contribution in [3.8, 4) is 5.95 Å².